The van der Waals surface area contributed by atoms with Gasteiger partial charge in [0.15, 0.2) is 11.5 Å². The van der Waals surface area contributed by atoms with Gasteiger partial charge in [-0.1, -0.05) is 18.2 Å². The van der Waals surface area contributed by atoms with Crippen LogP contribution >= 0.6 is 0 Å². The van der Waals surface area contributed by atoms with Gasteiger partial charge in [-0.2, -0.15) is 5.26 Å². The number of rotatable bonds is 10. The van der Waals surface area contributed by atoms with Crippen LogP contribution in [-0.2, 0) is 16.1 Å². The Hall–Kier alpha value is -4.77. The van der Waals surface area contributed by atoms with Gasteiger partial charge in [0, 0.05) is 6.08 Å². The highest BCUT2D eigenvalue weighted by molar-refractivity contribution is 6.01. The molecule has 3 aromatic rings. The van der Waals surface area contributed by atoms with Gasteiger partial charge in [-0.3, -0.25) is 4.79 Å². The molecule has 1 heterocycles. The SMILES string of the molecule is CCOc1ccc(C=CC(=O)Oc2ccc(C=C(C#N)C(=O)NCc3ccco3)cc2)cc1OC. The van der Waals surface area contributed by atoms with Crippen molar-refractivity contribution in [1.29, 1.82) is 5.26 Å². The number of carbonyl (C=O) groups excluding carboxylic acids is 2. The average Bonchev–Trinajstić information content (AvgIpc) is 3.40. The molecule has 0 radical (unpaired) electrons. The molecule has 35 heavy (non-hydrogen) atoms. The minimum absolute atomic E-state index is 0.0602. The molecule has 0 atom stereocenters. The smallest absolute Gasteiger partial charge is 0.336 e. The van der Waals surface area contributed by atoms with Crippen LogP contribution in [0.3, 0.4) is 0 Å². The first-order valence-electron chi connectivity index (χ1n) is 10.8. The lowest BCUT2D eigenvalue weighted by atomic mass is 10.1. The van der Waals surface area contributed by atoms with Crippen molar-refractivity contribution >= 4 is 24.0 Å². The highest BCUT2D eigenvalue weighted by Crippen LogP contribution is 2.28. The number of carbonyl (C=O) groups is 2. The van der Waals surface area contributed by atoms with Crippen molar-refractivity contribution < 1.29 is 28.2 Å². The summed E-state index contributed by atoms with van der Waals surface area (Å²) in [6.45, 7) is 2.58. The van der Waals surface area contributed by atoms with Crippen LogP contribution in [0.5, 0.6) is 17.2 Å². The first-order chi connectivity index (χ1) is 17.0. The quantitative estimate of drug-likeness (QED) is 0.200. The fourth-order valence-corrected chi connectivity index (χ4v) is 3.00. The summed E-state index contributed by atoms with van der Waals surface area (Å²) in [5.41, 5.74) is 1.29. The molecular formula is C27H24N2O6. The van der Waals surface area contributed by atoms with E-state index in [4.69, 9.17) is 18.6 Å². The van der Waals surface area contributed by atoms with Crippen LogP contribution in [0.15, 0.2) is 76.9 Å². The number of nitrogens with one attached hydrogen (secondary N) is 1. The van der Waals surface area contributed by atoms with Crippen LogP contribution in [0.2, 0.25) is 0 Å². The van der Waals surface area contributed by atoms with Gasteiger partial charge >= 0.3 is 5.97 Å². The molecule has 0 bridgehead atoms. The minimum atomic E-state index is -0.559. The van der Waals surface area contributed by atoms with Crippen LogP contribution in [-0.4, -0.2) is 25.6 Å². The van der Waals surface area contributed by atoms with Crippen LogP contribution in [0, 0.1) is 11.3 Å². The molecule has 178 valence electrons. The van der Waals surface area contributed by atoms with Crippen molar-refractivity contribution in [3.05, 3.63) is 89.4 Å². The summed E-state index contributed by atoms with van der Waals surface area (Å²) in [7, 11) is 1.55. The number of hydrogen-bond acceptors (Lipinski definition) is 7. The molecule has 0 aliphatic carbocycles. The zero-order chi connectivity index (χ0) is 25.0. The second-order valence-corrected chi connectivity index (χ2v) is 7.10. The normalized spacial score (nSPS) is 11.1. The Balaban J connectivity index is 1.58. The Labute approximate surface area is 203 Å². The van der Waals surface area contributed by atoms with Crippen LogP contribution in [0.25, 0.3) is 12.2 Å². The van der Waals surface area contributed by atoms with Gasteiger partial charge in [-0.25, -0.2) is 4.79 Å². The molecule has 8 heteroatoms. The third-order valence-electron chi connectivity index (χ3n) is 4.68. The van der Waals surface area contributed by atoms with E-state index in [1.165, 1.54) is 18.4 Å². The van der Waals surface area contributed by atoms with E-state index in [-0.39, 0.29) is 12.1 Å². The van der Waals surface area contributed by atoms with Crippen LogP contribution in [0.1, 0.15) is 23.8 Å². The average molecular weight is 472 g/mol. The Kier molecular flexibility index (Phi) is 8.85. The van der Waals surface area contributed by atoms with Crippen LogP contribution in [0.4, 0.5) is 0 Å². The highest BCUT2D eigenvalue weighted by Gasteiger charge is 2.10. The number of nitrogens with zero attached hydrogens (tertiary/aromatic N) is 1. The summed E-state index contributed by atoms with van der Waals surface area (Å²) in [5.74, 6) is 1.02. The van der Waals surface area contributed by atoms with E-state index in [0.717, 1.165) is 5.56 Å². The maximum Gasteiger partial charge on any atom is 0.336 e. The monoisotopic (exact) mass is 472 g/mol. The van der Waals surface area contributed by atoms with E-state index < -0.39 is 11.9 Å². The molecule has 1 N–H and O–H groups in total. The molecule has 0 fully saturated rings. The molecule has 1 aromatic heterocycles. The Morgan fingerprint density at radius 1 is 1.09 bits per heavy atom. The van der Waals surface area contributed by atoms with Gasteiger partial charge in [0.25, 0.3) is 5.91 Å². The lowest BCUT2D eigenvalue weighted by Gasteiger charge is -2.09. The van der Waals surface area contributed by atoms with Crippen molar-refractivity contribution in [1.82, 2.24) is 5.32 Å². The van der Waals surface area contributed by atoms with Gasteiger partial charge in [0.2, 0.25) is 0 Å². The second kappa shape index (κ2) is 12.5. The number of amides is 1. The Morgan fingerprint density at radius 2 is 1.86 bits per heavy atom. The summed E-state index contributed by atoms with van der Waals surface area (Å²) in [6.07, 6.45) is 5.87. The number of furan rings is 1. The standard InChI is InChI=1S/C27H24N2O6/c1-3-33-24-12-8-20(16-25(24)32-2)9-13-26(30)35-22-10-6-19(7-11-22)15-21(17-28)27(31)29-18-23-5-4-14-34-23/h4-16H,3,18H2,1-2H3,(H,29,31). The third kappa shape index (κ3) is 7.37. The Bertz CT molecular complexity index is 1250. The number of hydrogen-bond donors (Lipinski definition) is 1. The van der Waals surface area contributed by atoms with Gasteiger partial charge in [0.05, 0.1) is 26.5 Å². The van der Waals surface area contributed by atoms with Crippen molar-refractivity contribution in [2.75, 3.05) is 13.7 Å². The van der Waals surface area contributed by atoms with Crippen molar-refractivity contribution in [3.63, 3.8) is 0 Å². The largest absolute Gasteiger partial charge is 0.493 e. The summed E-state index contributed by atoms with van der Waals surface area (Å²) in [6, 6.07) is 17.1. The van der Waals surface area contributed by atoms with E-state index in [9.17, 15) is 14.9 Å². The lowest BCUT2D eigenvalue weighted by molar-refractivity contribution is -0.128. The first kappa shape index (κ1) is 24.9. The molecular weight excluding hydrogens is 448 g/mol. The third-order valence-corrected chi connectivity index (χ3v) is 4.68. The number of nitriles is 1. The summed E-state index contributed by atoms with van der Waals surface area (Å²) >= 11 is 0. The van der Waals surface area contributed by atoms with Gasteiger partial charge in [-0.05, 0) is 66.6 Å². The first-order valence-corrected chi connectivity index (χ1v) is 10.8. The van der Waals surface area contributed by atoms with Crippen molar-refractivity contribution in [3.8, 4) is 23.3 Å². The molecule has 8 nitrogen and oxygen atoms in total. The molecule has 0 saturated heterocycles. The molecule has 0 saturated carbocycles. The predicted molar refractivity (Wildman–Crippen MR) is 129 cm³/mol. The minimum Gasteiger partial charge on any atom is -0.493 e. The molecule has 3 rings (SSSR count). The van der Waals surface area contributed by atoms with Crippen molar-refractivity contribution in [2.24, 2.45) is 0 Å². The summed E-state index contributed by atoms with van der Waals surface area (Å²) in [5, 5.41) is 11.9. The predicted octanol–water partition coefficient (Wildman–Crippen LogP) is 4.53. The number of ether oxygens (including phenoxy) is 3. The zero-order valence-electron chi connectivity index (χ0n) is 19.3. The zero-order valence-corrected chi connectivity index (χ0v) is 19.3. The van der Waals surface area contributed by atoms with E-state index in [1.807, 2.05) is 13.0 Å². The van der Waals surface area contributed by atoms with E-state index in [0.29, 0.717) is 35.2 Å². The summed E-state index contributed by atoms with van der Waals surface area (Å²) < 4.78 is 21.2. The van der Waals surface area contributed by atoms with E-state index in [1.54, 1.807) is 67.8 Å². The van der Waals surface area contributed by atoms with E-state index >= 15 is 0 Å². The fourth-order valence-electron chi connectivity index (χ4n) is 3.00. The maximum absolute atomic E-state index is 12.2. The fraction of sp³-hybridized carbons (Fsp3) is 0.148. The molecule has 0 spiro atoms. The molecule has 0 aliphatic rings. The number of esters is 1. The molecule has 0 aliphatic heterocycles. The molecule has 0 unspecified atom stereocenters. The van der Waals surface area contributed by atoms with E-state index in [2.05, 4.69) is 5.32 Å². The molecule has 2 aromatic carbocycles. The topological polar surface area (TPSA) is 111 Å². The number of methoxy groups -OCH3 is 1. The highest BCUT2D eigenvalue weighted by atomic mass is 16.5. The molecule has 1 amide bonds. The lowest BCUT2D eigenvalue weighted by Crippen LogP contribution is -2.23. The Morgan fingerprint density at radius 3 is 2.51 bits per heavy atom. The van der Waals surface area contributed by atoms with Gasteiger partial charge in [-0.15, -0.1) is 0 Å². The second-order valence-electron chi connectivity index (χ2n) is 7.10. The number of benzene rings is 2. The van der Waals surface area contributed by atoms with Crippen LogP contribution < -0.4 is 19.5 Å². The summed E-state index contributed by atoms with van der Waals surface area (Å²) in [4.78, 5) is 24.4. The van der Waals surface area contributed by atoms with Crippen molar-refractivity contribution in [2.45, 2.75) is 13.5 Å². The van der Waals surface area contributed by atoms with Gasteiger partial charge in [0.1, 0.15) is 23.2 Å². The van der Waals surface area contributed by atoms with Gasteiger partial charge < -0.3 is 23.9 Å². The maximum atomic E-state index is 12.2.